The van der Waals surface area contributed by atoms with Crippen molar-refractivity contribution >= 4 is 11.7 Å². The van der Waals surface area contributed by atoms with Gasteiger partial charge < -0.3 is 10.3 Å². The van der Waals surface area contributed by atoms with Crippen LogP contribution < -0.4 is 0 Å². The summed E-state index contributed by atoms with van der Waals surface area (Å²) in [7, 11) is 0. The Morgan fingerprint density at radius 2 is 2.33 bits per heavy atom. The predicted octanol–water partition coefficient (Wildman–Crippen LogP) is 0.413. The number of hydrogen-bond acceptors (Lipinski definition) is 3. The van der Waals surface area contributed by atoms with Crippen LogP contribution in [-0.4, -0.2) is 22.0 Å². The lowest BCUT2D eigenvalue weighted by molar-refractivity contribution is -0.142. The fourth-order valence-corrected chi connectivity index (χ4v) is 3.35. The molecule has 12 heavy (non-hydrogen) atoms. The van der Waals surface area contributed by atoms with Gasteiger partial charge in [0.05, 0.1) is 11.6 Å². The number of rotatable bonds is 1. The molecule has 4 saturated carbocycles. The molecule has 4 aliphatic rings. The molecule has 0 aromatic carbocycles. The molecule has 0 saturated heterocycles. The van der Waals surface area contributed by atoms with E-state index >= 15 is 0 Å². The van der Waals surface area contributed by atoms with Gasteiger partial charge in [0.1, 0.15) is 0 Å². The molecule has 4 nitrogen and oxygen atoms in total. The molecular weight excluding hydrogens is 158 g/mol. The summed E-state index contributed by atoms with van der Waals surface area (Å²) in [5.74, 6) is 0.244. The van der Waals surface area contributed by atoms with Gasteiger partial charge in [0.25, 0.3) is 0 Å². The van der Waals surface area contributed by atoms with Gasteiger partial charge in [-0.25, -0.2) is 0 Å². The van der Waals surface area contributed by atoms with E-state index in [9.17, 15) is 4.79 Å². The van der Waals surface area contributed by atoms with Gasteiger partial charge in [-0.05, 0) is 18.3 Å². The van der Waals surface area contributed by atoms with Crippen molar-refractivity contribution in [2.24, 2.45) is 34.7 Å². The van der Waals surface area contributed by atoms with Gasteiger partial charge in [0, 0.05) is 11.8 Å². The lowest BCUT2D eigenvalue weighted by Gasteiger charge is -2.07. The highest BCUT2D eigenvalue weighted by atomic mass is 16.4. The minimum atomic E-state index is -0.714. The standard InChI is InChI=1S/C8H9NO3/c10-8(11)6-3-1-2-4(6)5(2)7(3)9-12/h2-6,12H,1H2,(H,10,11). The Bertz CT molecular complexity index is 299. The molecular formula is C8H9NO3. The smallest absolute Gasteiger partial charge is 0.307 e. The van der Waals surface area contributed by atoms with Gasteiger partial charge in [0.15, 0.2) is 0 Å². The first-order valence-electron chi connectivity index (χ1n) is 4.20. The maximum absolute atomic E-state index is 10.8. The van der Waals surface area contributed by atoms with Crippen LogP contribution in [-0.2, 0) is 4.79 Å². The predicted molar refractivity (Wildman–Crippen MR) is 38.9 cm³/mol. The van der Waals surface area contributed by atoms with E-state index in [0.717, 1.165) is 12.1 Å². The molecule has 0 spiro atoms. The number of oxime groups is 1. The van der Waals surface area contributed by atoms with Crippen molar-refractivity contribution in [1.29, 1.82) is 0 Å². The Morgan fingerprint density at radius 3 is 2.67 bits per heavy atom. The Balaban J connectivity index is 2.01. The summed E-state index contributed by atoms with van der Waals surface area (Å²) >= 11 is 0. The molecule has 0 amide bonds. The van der Waals surface area contributed by atoms with Crippen LogP contribution in [0.1, 0.15) is 6.42 Å². The van der Waals surface area contributed by atoms with E-state index in [1.165, 1.54) is 0 Å². The van der Waals surface area contributed by atoms with Crippen molar-refractivity contribution in [3.8, 4) is 0 Å². The molecule has 0 aromatic heterocycles. The van der Waals surface area contributed by atoms with E-state index in [-0.39, 0.29) is 11.8 Å². The van der Waals surface area contributed by atoms with Crippen molar-refractivity contribution in [2.75, 3.05) is 0 Å². The first-order valence-corrected chi connectivity index (χ1v) is 4.20. The lowest BCUT2D eigenvalue weighted by Crippen LogP contribution is -2.20. The topological polar surface area (TPSA) is 69.9 Å². The summed E-state index contributed by atoms with van der Waals surface area (Å²) in [4.78, 5) is 10.8. The number of nitrogens with zero attached hydrogens (tertiary/aromatic N) is 1. The average molecular weight is 167 g/mol. The van der Waals surface area contributed by atoms with E-state index in [1.54, 1.807) is 0 Å². The fraction of sp³-hybridized carbons (Fsp3) is 0.750. The van der Waals surface area contributed by atoms with E-state index in [1.807, 2.05) is 0 Å². The molecule has 2 N–H and O–H groups in total. The summed E-state index contributed by atoms with van der Waals surface area (Å²) in [6.07, 6.45) is 0.936. The highest BCUT2D eigenvalue weighted by Crippen LogP contribution is 2.71. The van der Waals surface area contributed by atoms with Crippen LogP contribution in [0.3, 0.4) is 0 Å². The van der Waals surface area contributed by atoms with Gasteiger partial charge in [0.2, 0.25) is 0 Å². The van der Waals surface area contributed by atoms with Crippen LogP contribution in [0.2, 0.25) is 0 Å². The molecule has 4 rings (SSSR count). The minimum absolute atomic E-state index is 0.0486. The first kappa shape index (κ1) is 6.46. The molecule has 0 heterocycles. The maximum atomic E-state index is 10.8. The van der Waals surface area contributed by atoms with Crippen LogP contribution in [0.4, 0.5) is 0 Å². The molecule has 4 bridgehead atoms. The van der Waals surface area contributed by atoms with Crippen molar-refractivity contribution in [1.82, 2.24) is 0 Å². The van der Waals surface area contributed by atoms with Crippen LogP contribution in [0.25, 0.3) is 0 Å². The number of hydrogen-bond donors (Lipinski definition) is 2. The highest BCUT2D eigenvalue weighted by Gasteiger charge is 2.74. The Labute approximate surface area is 68.9 Å². The minimum Gasteiger partial charge on any atom is -0.481 e. The number of carboxylic acid groups (broad SMARTS) is 1. The highest BCUT2D eigenvalue weighted by molar-refractivity contribution is 6.01. The summed E-state index contributed by atoms with van der Waals surface area (Å²) in [6.45, 7) is 0. The zero-order valence-corrected chi connectivity index (χ0v) is 6.34. The summed E-state index contributed by atoms with van der Waals surface area (Å²) in [5, 5.41) is 20.8. The average Bonchev–Trinajstić information content (AvgIpc) is 2.50. The van der Waals surface area contributed by atoms with Gasteiger partial charge in [-0.3, -0.25) is 4.79 Å². The maximum Gasteiger partial charge on any atom is 0.307 e. The quantitative estimate of drug-likeness (QED) is 0.439. The molecule has 4 fully saturated rings. The lowest BCUT2D eigenvalue weighted by atomic mass is 9.98. The van der Waals surface area contributed by atoms with E-state index in [2.05, 4.69) is 5.16 Å². The molecule has 5 atom stereocenters. The van der Waals surface area contributed by atoms with E-state index in [4.69, 9.17) is 10.3 Å². The van der Waals surface area contributed by atoms with Crippen molar-refractivity contribution in [3.63, 3.8) is 0 Å². The molecule has 0 aromatic rings. The third-order valence-electron chi connectivity index (χ3n) is 3.73. The van der Waals surface area contributed by atoms with Crippen molar-refractivity contribution in [3.05, 3.63) is 0 Å². The van der Waals surface area contributed by atoms with Gasteiger partial charge >= 0.3 is 5.97 Å². The van der Waals surface area contributed by atoms with Crippen LogP contribution in [0.15, 0.2) is 5.16 Å². The third kappa shape index (κ3) is 0.462. The largest absolute Gasteiger partial charge is 0.481 e. The van der Waals surface area contributed by atoms with Gasteiger partial charge in [-0.1, -0.05) is 5.16 Å². The molecule has 4 heteroatoms. The van der Waals surface area contributed by atoms with Gasteiger partial charge in [-0.15, -0.1) is 0 Å². The van der Waals surface area contributed by atoms with Crippen LogP contribution in [0.5, 0.6) is 0 Å². The van der Waals surface area contributed by atoms with Crippen LogP contribution >= 0.6 is 0 Å². The number of carboxylic acids is 1. The normalized spacial score (nSPS) is 56.3. The first-order chi connectivity index (χ1) is 5.75. The van der Waals surface area contributed by atoms with Crippen molar-refractivity contribution < 1.29 is 15.1 Å². The summed E-state index contributed by atoms with van der Waals surface area (Å²) in [6, 6.07) is 0. The number of carbonyl (C=O) groups is 1. The second-order valence-electron chi connectivity index (χ2n) is 4.00. The zero-order chi connectivity index (χ0) is 8.46. The summed E-state index contributed by atoms with van der Waals surface area (Å²) in [5.41, 5.74) is 0.761. The molecule has 64 valence electrons. The second kappa shape index (κ2) is 1.65. The zero-order valence-electron chi connectivity index (χ0n) is 6.34. The molecule has 0 aliphatic heterocycles. The third-order valence-corrected chi connectivity index (χ3v) is 3.73. The second-order valence-corrected chi connectivity index (χ2v) is 4.00. The molecule has 4 aliphatic carbocycles. The molecule has 0 radical (unpaired) electrons. The van der Waals surface area contributed by atoms with Gasteiger partial charge in [-0.2, -0.15) is 0 Å². The number of aliphatic carboxylic acids is 1. The van der Waals surface area contributed by atoms with Crippen molar-refractivity contribution in [2.45, 2.75) is 6.42 Å². The van der Waals surface area contributed by atoms with E-state index < -0.39 is 5.97 Å². The van der Waals surface area contributed by atoms with E-state index in [0.29, 0.717) is 17.8 Å². The Hall–Kier alpha value is -1.06. The van der Waals surface area contributed by atoms with Crippen LogP contribution in [0, 0.1) is 29.6 Å². The SMILES string of the molecule is O=C(O)C1C2CC3C(C2=NO)C31. The summed E-state index contributed by atoms with van der Waals surface area (Å²) < 4.78 is 0. The molecule has 5 unspecified atom stereocenters. The Morgan fingerprint density at radius 1 is 1.58 bits per heavy atom. The monoisotopic (exact) mass is 167 g/mol. The Kier molecular flexibility index (Phi) is 0.888. The fourth-order valence-electron chi connectivity index (χ4n) is 3.35.